The highest BCUT2D eigenvalue weighted by atomic mass is 32.2. The number of hydrogen-bond acceptors (Lipinski definition) is 3. The highest BCUT2D eigenvalue weighted by Crippen LogP contribution is 2.19. The van der Waals surface area contributed by atoms with Crippen LogP contribution in [-0.2, 0) is 22.0 Å². The Kier molecular flexibility index (Phi) is 5.34. The van der Waals surface area contributed by atoms with Gasteiger partial charge in [0.25, 0.3) is 0 Å². The van der Waals surface area contributed by atoms with Crippen LogP contribution in [0.4, 0.5) is 0 Å². The fourth-order valence-corrected chi connectivity index (χ4v) is 3.27. The van der Waals surface area contributed by atoms with Crippen molar-refractivity contribution in [3.05, 3.63) is 71.8 Å². The number of aliphatic hydroxyl groups is 1. The van der Waals surface area contributed by atoms with Gasteiger partial charge in [0.2, 0.25) is 10.0 Å². The second-order valence-electron chi connectivity index (χ2n) is 5.52. The number of rotatable bonds is 7. The van der Waals surface area contributed by atoms with Gasteiger partial charge in [-0.2, -0.15) is 0 Å². The van der Waals surface area contributed by atoms with Crippen LogP contribution in [0.25, 0.3) is 0 Å². The molecular weight excluding hydrogens is 298 g/mol. The molecule has 0 bridgehead atoms. The van der Waals surface area contributed by atoms with Gasteiger partial charge in [0.15, 0.2) is 0 Å². The maximum absolute atomic E-state index is 12.1. The minimum atomic E-state index is -3.43. The Balaban J connectivity index is 1.92. The standard InChI is InChI=1S/C17H21NO3S/c1-17(19,16-10-6-3-7-11-16)14-18-22(20,21)13-12-15-8-4-2-5-9-15/h2-11,18-19H,12-14H2,1H3. The molecule has 4 nitrogen and oxygen atoms in total. The fraction of sp³-hybridized carbons (Fsp3) is 0.294. The van der Waals surface area contributed by atoms with Crippen molar-refractivity contribution < 1.29 is 13.5 Å². The van der Waals surface area contributed by atoms with Gasteiger partial charge in [-0.1, -0.05) is 60.7 Å². The zero-order valence-electron chi connectivity index (χ0n) is 12.6. The molecule has 0 aromatic heterocycles. The second-order valence-corrected chi connectivity index (χ2v) is 7.44. The molecule has 0 fully saturated rings. The van der Waals surface area contributed by atoms with Crippen LogP contribution in [0.2, 0.25) is 0 Å². The average Bonchev–Trinajstić information content (AvgIpc) is 2.53. The van der Waals surface area contributed by atoms with E-state index in [0.717, 1.165) is 5.56 Å². The Morgan fingerprint density at radius 1 is 1.00 bits per heavy atom. The Bertz CT molecular complexity index is 682. The van der Waals surface area contributed by atoms with Crippen LogP contribution in [-0.4, -0.2) is 25.8 Å². The lowest BCUT2D eigenvalue weighted by atomic mass is 9.97. The first-order valence-corrected chi connectivity index (χ1v) is 8.83. The van der Waals surface area contributed by atoms with E-state index in [1.165, 1.54) is 0 Å². The molecule has 0 aliphatic carbocycles. The molecule has 1 atom stereocenters. The molecule has 0 radical (unpaired) electrons. The lowest BCUT2D eigenvalue weighted by molar-refractivity contribution is 0.0627. The number of hydrogen-bond donors (Lipinski definition) is 2. The summed E-state index contributed by atoms with van der Waals surface area (Å²) in [6.07, 6.45) is 0.448. The summed E-state index contributed by atoms with van der Waals surface area (Å²) >= 11 is 0. The van der Waals surface area contributed by atoms with Crippen molar-refractivity contribution in [1.29, 1.82) is 0 Å². The summed E-state index contributed by atoms with van der Waals surface area (Å²) in [4.78, 5) is 0. The zero-order valence-corrected chi connectivity index (χ0v) is 13.4. The molecule has 2 aromatic rings. The number of benzene rings is 2. The van der Waals surface area contributed by atoms with Crippen molar-refractivity contribution in [2.24, 2.45) is 0 Å². The molecule has 1 unspecified atom stereocenters. The van der Waals surface area contributed by atoms with Gasteiger partial charge in [-0.15, -0.1) is 0 Å². The molecule has 2 rings (SSSR count). The maximum atomic E-state index is 12.1. The van der Waals surface area contributed by atoms with Gasteiger partial charge in [-0.3, -0.25) is 0 Å². The van der Waals surface area contributed by atoms with Crippen LogP contribution in [0.15, 0.2) is 60.7 Å². The largest absolute Gasteiger partial charge is 0.384 e. The van der Waals surface area contributed by atoms with Crippen molar-refractivity contribution >= 4 is 10.0 Å². The smallest absolute Gasteiger partial charge is 0.212 e. The van der Waals surface area contributed by atoms with Gasteiger partial charge in [0, 0.05) is 6.54 Å². The Morgan fingerprint density at radius 2 is 1.55 bits per heavy atom. The van der Waals surface area contributed by atoms with Crippen LogP contribution in [0.5, 0.6) is 0 Å². The van der Waals surface area contributed by atoms with E-state index in [2.05, 4.69) is 4.72 Å². The molecule has 22 heavy (non-hydrogen) atoms. The summed E-state index contributed by atoms with van der Waals surface area (Å²) in [5.41, 5.74) is 0.421. The molecular formula is C17H21NO3S. The Labute approximate surface area is 131 Å². The van der Waals surface area contributed by atoms with Crippen LogP contribution in [0.1, 0.15) is 18.1 Å². The molecule has 0 spiro atoms. The van der Waals surface area contributed by atoms with Gasteiger partial charge in [-0.25, -0.2) is 13.1 Å². The minimum absolute atomic E-state index is 0.00187. The zero-order chi connectivity index (χ0) is 16.1. The first-order valence-electron chi connectivity index (χ1n) is 7.18. The van der Waals surface area contributed by atoms with Gasteiger partial charge in [-0.05, 0) is 24.5 Å². The SMILES string of the molecule is CC(O)(CNS(=O)(=O)CCc1ccccc1)c1ccccc1. The first kappa shape index (κ1) is 16.7. The topological polar surface area (TPSA) is 66.4 Å². The molecule has 0 aliphatic rings. The van der Waals surface area contributed by atoms with E-state index in [0.29, 0.717) is 12.0 Å². The Hall–Kier alpha value is -1.69. The van der Waals surface area contributed by atoms with E-state index in [1.807, 2.05) is 48.5 Å². The normalized spacial score (nSPS) is 14.5. The Morgan fingerprint density at radius 3 is 2.14 bits per heavy atom. The van der Waals surface area contributed by atoms with Gasteiger partial charge in [0.05, 0.1) is 5.75 Å². The molecule has 0 saturated heterocycles. The van der Waals surface area contributed by atoms with Crippen molar-refractivity contribution in [2.45, 2.75) is 18.9 Å². The molecule has 5 heteroatoms. The fourth-order valence-electron chi connectivity index (χ4n) is 2.12. The molecule has 118 valence electrons. The summed E-state index contributed by atoms with van der Waals surface area (Å²) < 4.78 is 26.6. The van der Waals surface area contributed by atoms with Crippen LogP contribution in [0.3, 0.4) is 0 Å². The van der Waals surface area contributed by atoms with Crippen molar-refractivity contribution in [3.63, 3.8) is 0 Å². The molecule has 0 saturated carbocycles. The first-order chi connectivity index (χ1) is 10.4. The molecule has 0 amide bonds. The monoisotopic (exact) mass is 319 g/mol. The molecule has 0 heterocycles. The predicted octanol–water partition coefficient (Wildman–Crippen LogP) is 2.06. The number of nitrogens with one attached hydrogen (secondary N) is 1. The summed E-state index contributed by atoms with van der Waals surface area (Å²) in [6.45, 7) is 1.55. The van der Waals surface area contributed by atoms with Crippen LogP contribution in [0, 0.1) is 0 Å². The molecule has 2 aromatic carbocycles. The summed E-state index contributed by atoms with van der Waals surface area (Å²) in [7, 11) is -3.43. The average molecular weight is 319 g/mol. The summed E-state index contributed by atoms with van der Waals surface area (Å²) in [5, 5.41) is 10.4. The van der Waals surface area contributed by atoms with E-state index in [-0.39, 0.29) is 12.3 Å². The van der Waals surface area contributed by atoms with Crippen molar-refractivity contribution in [1.82, 2.24) is 4.72 Å². The number of sulfonamides is 1. The predicted molar refractivity (Wildman–Crippen MR) is 87.9 cm³/mol. The van der Waals surface area contributed by atoms with E-state index in [4.69, 9.17) is 0 Å². The maximum Gasteiger partial charge on any atom is 0.212 e. The van der Waals surface area contributed by atoms with Crippen molar-refractivity contribution in [2.75, 3.05) is 12.3 Å². The minimum Gasteiger partial charge on any atom is -0.384 e. The van der Waals surface area contributed by atoms with Gasteiger partial charge >= 0.3 is 0 Å². The van der Waals surface area contributed by atoms with Gasteiger partial charge in [0.1, 0.15) is 5.60 Å². The van der Waals surface area contributed by atoms with Gasteiger partial charge < -0.3 is 5.11 Å². The highest BCUT2D eigenvalue weighted by molar-refractivity contribution is 7.89. The van der Waals surface area contributed by atoms with E-state index >= 15 is 0 Å². The lowest BCUT2D eigenvalue weighted by Crippen LogP contribution is -2.39. The third kappa shape index (κ3) is 4.94. The van der Waals surface area contributed by atoms with E-state index in [1.54, 1.807) is 19.1 Å². The molecule has 0 aliphatic heterocycles. The lowest BCUT2D eigenvalue weighted by Gasteiger charge is -2.24. The van der Waals surface area contributed by atoms with Crippen LogP contribution >= 0.6 is 0 Å². The number of aryl methyl sites for hydroxylation is 1. The van der Waals surface area contributed by atoms with E-state index in [9.17, 15) is 13.5 Å². The summed E-state index contributed by atoms with van der Waals surface area (Å²) in [5.74, 6) is 0.00187. The van der Waals surface area contributed by atoms with Crippen molar-refractivity contribution in [3.8, 4) is 0 Å². The quantitative estimate of drug-likeness (QED) is 0.821. The third-order valence-corrected chi connectivity index (χ3v) is 4.86. The van der Waals surface area contributed by atoms with Crippen LogP contribution < -0.4 is 4.72 Å². The second kappa shape index (κ2) is 7.05. The third-order valence-electron chi connectivity index (χ3n) is 3.53. The summed E-state index contributed by atoms with van der Waals surface area (Å²) in [6, 6.07) is 18.5. The van der Waals surface area contributed by atoms with E-state index < -0.39 is 15.6 Å². The highest BCUT2D eigenvalue weighted by Gasteiger charge is 2.25. The molecule has 2 N–H and O–H groups in total.